The van der Waals surface area contributed by atoms with Gasteiger partial charge in [0.25, 0.3) is 5.91 Å². The number of rotatable bonds is 6. The smallest absolute Gasteiger partial charge is 0.274 e. The molecule has 0 aliphatic carbocycles. The number of carbonyl (C=O) groups excluding carboxylic acids is 1. The lowest BCUT2D eigenvalue weighted by Crippen LogP contribution is -2.23. The number of aryl methyl sites for hydroxylation is 1. The van der Waals surface area contributed by atoms with Crippen LogP contribution in [0.4, 0.5) is 5.69 Å². The summed E-state index contributed by atoms with van der Waals surface area (Å²) < 4.78 is 33.3. The number of nitrogens with one attached hydrogen (secondary N) is 1. The highest BCUT2D eigenvalue weighted by atomic mass is 32.2. The summed E-state index contributed by atoms with van der Waals surface area (Å²) in [7, 11) is -0.721. The topological polar surface area (TPSA) is 97.4 Å². The molecule has 9 heteroatoms. The van der Waals surface area contributed by atoms with Gasteiger partial charge in [-0.2, -0.15) is 5.10 Å². The van der Waals surface area contributed by atoms with Gasteiger partial charge in [0, 0.05) is 25.8 Å². The van der Waals surface area contributed by atoms with Gasteiger partial charge in [0.2, 0.25) is 10.0 Å². The Morgan fingerprint density at radius 3 is 2.44 bits per heavy atom. The minimum Gasteiger partial charge on any atom is -0.463 e. The van der Waals surface area contributed by atoms with E-state index in [1.165, 1.54) is 31.1 Å². The summed E-state index contributed by atoms with van der Waals surface area (Å²) in [6.07, 6.45) is 1.54. The molecule has 2 aromatic heterocycles. The number of furan rings is 1. The third-order valence-electron chi connectivity index (χ3n) is 4.92. The molecule has 0 aliphatic rings. The highest BCUT2D eigenvalue weighted by molar-refractivity contribution is 7.89. The van der Waals surface area contributed by atoms with Gasteiger partial charge in [0.05, 0.1) is 16.8 Å². The lowest BCUT2D eigenvalue weighted by Gasteiger charge is -2.15. The SMILES string of the molecule is Cc1ccc(NC(=O)c2cc(-c3ccco3)nn2-c2ccccc2)cc1S(=O)(=O)N(C)C. The van der Waals surface area contributed by atoms with Gasteiger partial charge in [-0.05, 0) is 48.9 Å². The van der Waals surface area contributed by atoms with Crippen molar-refractivity contribution in [1.82, 2.24) is 14.1 Å². The zero-order valence-corrected chi connectivity index (χ0v) is 18.6. The van der Waals surface area contributed by atoms with E-state index in [0.29, 0.717) is 28.4 Å². The van der Waals surface area contributed by atoms with Crippen molar-refractivity contribution in [2.45, 2.75) is 11.8 Å². The maximum atomic E-state index is 13.2. The first-order chi connectivity index (χ1) is 15.3. The van der Waals surface area contributed by atoms with E-state index in [4.69, 9.17) is 4.42 Å². The number of sulfonamides is 1. The second-order valence-electron chi connectivity index (χ2n) is 7.36. The van der Waals surface area contributed by atoms with Gasteiger partial charge in [0.1, 0.15) is 11.4 Å². The molecular weight excluding hydrogens is 428 g/mol. The van der Waals surface area contributed by atoms with Crippen LogP contribution in [0.25, 0.3) is 17.1 Å². The van der Waals surface area contributed by atoms with Crippen LogP contribution in [-0.4, -0.2) is 42.5 Å². The van der Waals surface area contributed by atoms with Gasteiger partial charge in [-0.15, -0.1) is 0 Å². The Labute approximate surface area is 186 Å². The number of carbonyl (C=O) groups is 1. The monoisotopic (exact) mass is 450 g/mol. The molecule has 0 aliphatic heterocycles. The lowest BCUT2D eigenvalue weighted by atomic mass is 10.2. The van der Waals surface area contributed by atoms with Crippen LogP contribution < -0.4 is 5.32 Å². The van der Waals surface area contributed by atoms with E-state index in [2.05, 4.69) is 10.4 Å². The van der Waals surface area contributed by atoms with Crippen molar-refractivity contribution >= 4 is 21.6 Å². The van der Waals surface area contributed by atoms with Crippen LogP contribution in [0.15, 0.2) is 82.3 Å². The summed E-state index contributed by atoms with van der Waals surface area (Å²) in [5.74, 6) is 0.0969. The third kappa shape index (κ3) is 4.08. The molecule has 0 fully saturated rings. The van der Waals surface area contributed by atoms with Gasteiger partial charge in [0.15, 0.2) is 5.76 Å². The Morgan fingerprint density at radius 2 is 1.78 bits per heavy atom. The fraction of sp³-hybridized carbons (Fsp3) is 0.130. The summed E-state index contributed by atoms with van der Waals surface area (Å²) in [5, 5.41) is 7.33. The molecule has 0 bridgehead atoms. The van der Waals surface area contributed by atoms with Crippen molar-refractivity contribution in [1.29, 1.82) is 0 Å². The number of para-hydroxylation sites is 1. The van der Waals surface area contributed by atoms with Gasteiger partial charge in [-0.3, -0.25) is 4.79 Å². The number of aromatic nitrogens is 2. The highest BCUT2D eigenvalue weighted by Gasteiger charge is 2.22. The number of anilines is 1. The van der Waals surface area contributed by atoms with Crippen LogP contribution in [0.1, 0.15) is 16.1 Å². The minimum atomic E-state index is -3.66. The van der Waals surface area contributed by atoms with Gasteiger partial charge >= 0.3 is 0 Å². The number of hydrogen-bond donors (Lipinski definition) is 1. The van der Waals surface area contributed by atoms with Crippen LogP contribution in [0.5, 0.6) is 0 Å². The van der Waals surface area contributed by atoms with Gasteiger partial charge < -0.3 is 9.73 Å². The second kappa shape index (κ2) is 8.45. The summed E-state index contributed by atoms with van der Waals surface area (Å²) in [6.45, 7) is 1.71. The summed E-state index contributed by atoms with van der Waals surface area (Å²) >= 11 is 0. The van der Waals surface area contributed by atoms with Crippen LogP contribution in [0.2, 0.25) is 0 Å². The maximum Gasteiger partial charge on any atom is 0.274 e. The van der Waals surface area contributed by atoms with Crippen molar-refractivity contribution in [3.8, 4) is 17.1 Å². The first-order valence-electron chi connectivity index (χ1n) is 9.81. The Morgan fingerprint density at radius 1 is 1.03 bits per heavy atom. The normalized spacial score (nSPS) is 11.6. The third-order valence-corrected chi connectivity index (χ3v) is 6.88. The Kier molecular flexibility index (Phi) is 5.68. The Bertz CT molecular complexity index is 1360. The zero-order chi connectivity index (χ0) is 22.9. The molecular formula is C23H22N4O4S. The Hall–Kier alpha value is -3.69. The molecule has 0 saturated carbocycles. The van der Waals surface area contributed by atoms with Crippen LogP contribution in [0.3, 0.4) is 0 Å². The van der Waals surface area contributed by atoms with E-state index in [-0.39, 0.29) is 10.6 Å². The molecule has 0 atom stereocenters. The van der Waals surface area contributed by atoms with Gasteiger partial charge in [-0.25, -0.2) is 17.4 Å². The van der Waals surface area contributed by atoms with Crippen molar-refractivity contribution in [3.63, 3.8) is 0 Å². The predicted octanol–water partition coefficient (Wildman–Crippen LogP) is 3.94. The minimum absolute atomic E-state index is 0.133. The average molecular weight is 451 g/mol. The van der Waals surface area contributed by atoms with E-state index in [1.807, 2.05) is 30.3 Å². The van der Waals surface area contributed by atoms with E-state index >= 15 is 0 Å². The molecule has 32 heavy (non-hydrogen) atoms. The summed E-state index contributed by atoms with van der Waals surface area (Å²) in [4.78, 5) is 13.3. The Balaban J connectivity index is 1.73. The van der Waals surface area contributed by atoms with Crippen molar-refractivity contribution in [2.75, 3.05) is 19.4 Å². The van der Waals surface area contributed by atoms with E-state index in [0.717, 1.165) is 4.31 Å². The quantitative estimate of drug-likeness (QED) is 0.480. The van der Waals surface area contributed by atoms with Gasteiger partial charge in [-0.1, -0.05) is 24.3 Å². The van der Waals surface area contributed by atoms with E-state index in [9.17, 15) is 13.2 Å². The van der Waals surface area contributed by atoms with E-state index < -0.39 is 15.9 Å². The first kappa shape index (κ1) is 21.5. The average Bonchev–Trinajstić information content (AvgIpc) is 3.45. The van der Waals surface area contributed by atoms with Crippen LogP contribution in [0, 0.1) is 6.92 Å². The van der Waals surface area contributed by atoms with Crippen molar-refractivity contribution in [3.05, 3.63) is 84.3 Å². The molecule has 0 spiro atoms. The molecule has 1 N–H and O–H groups in total. The summed E-state index contributed by atoms with van der Waals surface area (Å²) in [6, 6.07) is 19.2. The van der Waals surface area contributed by atoms with Crippen molar-refractivity contribution in [2.24, 2.45) is 0 Å². The largest absolute Gasteiger partial charge is 0.463 e. The van der Waals surface area contributed by atoms with Crippen LogP contribution >= 0.6 is 0 Å². The molecule has 0 unspecified atom stereocenters. The number of amides is 1. The molecule has 4 aromatic rings. The highest BCUT2D eigenvalue weighted by Crippen LogP contribution is 2.25. The fourth-order valence-corrected chi connectivity index (χ4v) is 4.35. The molecule has 4 rings (SSSR count). The van der Waals surface area contributed by atoms with Crippen LogP contribution in [-0.2, 0) is 10.0 Å². The molecule has 2 aromatic carbocycles. The molecule has 164 valence electrons. The number of hydrogen-bond acceptors (Lipinski definition) is 5. The summed E-state index contributed by atoms with van der Waals surface area (Å²) in [5.41, 5.74) is 2.44. The zero-order valence-electron chi connectivity index (χ0n) is 17.8. The molecule has 8 nitrogen and oxygen atoms in total. The van der Waals surface area contributed by atoms with E-state index in [1.54, 1.807) is 37.3 Å². The standard InChI is InChI=1S/C23H22N4O4S/c1-16-11-12-17(14-22(16)32(29,30)26(2)3)24-23(28)20-15-19(21-10-7-13-31-21)25-27(20)18-8-5-4-6-9-18/h4-15H,1-3H3,(H,24,28). The molecule has 0 radical (unpaired) electrons. The lowest BCUT2D eigenvalue weighted by molar-refractivity contribution is 0.101. The fourth-order valence-electron chi connectivity index (χ4n) is 3.20. The number of benzene rings is 2. The molecule has 2 heterocycles. The molecule has 1 amide bonds. The number of nitrogens with zero attached hydrogens (tertiary/aromatic N) is 3. The first-order valence-corrected chi connectivity index (χ1v) is 11.3. The predicted molar refractivity (Wildman–Crippen MR) is 121 cm³/mol. The maximum absolute atomic E-state index is 13.2. The second-order valence-corrected chi connectivity index (χ2v) is 9.48. The van der Waals surface area contributed by atoms with Crippen molar-refractivity contribution < 1.29 is 17.6 Å². The molecule has 0 saturated heterocycles.